The van der Waals surface area contributed by atoms with Crippen molar-refractivity contribution in [2.75, 3.05) is 0 Å². The second-order valence-electron chi connectivity index (χ2n) is 6.64. The van der Waals surface area contributed by atoms with E-state index in [9.17, 15) is 14.7 Å². The highest BCUT2D eigenvalue weighted by Gasteiger charge is 2.29. The minimum absolute atomic E-state index is 0.116. The Morgan fingerprint density at radius 1 is 1.21 bits per heavy atom. The van der Waals surface area contributed by atoms with Crippen molar-refractivity contribution in [2.24, 2.45) is 0 Å². The van der Waals surface area contributed by atoms with E-state index < -0.39 is 18.1 Å². The number of carbonyl (C=O) groups excluding carboxylic acids is 1. The molecule has 1 aliphatic rings. The van der Waals surface area contributed by atoms with Crippen LogP contribution in [0.15, 0.2) is 18.2 Å². The predicted octanol–water partition coefficient (Wildman–Crippen LogP) is 3.28. The molecule has 0 aromatic heterocycles. The molecule has 2 N–H and O–H groups in total. The number of carbonyl (C=O) groups is 2. The monoisotopic (exact) mass is 333 g/mol. The van der Waals surface area contributed by atoms with E-state index in [-0.39, 0.29) is 12.0 Å². The van der Waals surface area contributed by atoms with Gasteiger partial charge < -0.3 is 15.2 Å². The van der Waals surface area contributed by atoms with E-state index in [0.29, 0.717) is 12.0 Å². The fourth-order valence-electron chi connectivity index (χ4n) is 3.30. The molecule has 1 aromatic carbocycles. The number of aryl methyl sites for hydroxylation is 2. The maximum absolute atomic E-state index is 12.5. The van der Waals surface area contributed by atoms with Crippen LogP contribution in [0.4, 0.5) is 0 Å². The molecule has 0 radical (unpaired) electrons. The van der Waals surface area contributed by atoms with Crippen LogP contribution in [0.2, 0.25) is 0 Å². The van der Waals surface area contributed by atoms with Gasteiger partial charge in [-0.05, 0) is 38.7 Å². The Balaban J connectivity index is 2.10. The van der Waals surface area contributed by atoms with Gasteiger partial charge in [0, 0.05) is 0 Å². The highest BCUT2D eigenvalue weighted by molar-refractivity contribution is 5.87. The molecular formula is C19H27NO4. The maximum Gasteiger partial charge on any atom is 0.330 e. The van der Waals surface area contributed by atoms with Crippen LogP contribution < -0.4 is 5.32 Å². The number of nitrogens with one attached hydrogen (secondary N) is 1. The number of carboxylic acids is 1. The summed E-state index contributed by atoms with van der Waals surface area (Å²) in [5, 5.41) is 12.2. The third-order valence-corrected chi connectivity index (χ3v) is 4.43. The Kier molecular flexibility index (Phi) is 6.37. The molecule has 1 fully saturated rings. The third-order valence-electron chi connectivity index (χ3n) is 4.43. The van der Waals surface area contributed by atoms with Crippen molar-refractivity contribution < 1.29 is 19.4 Å². The third kappa shape index (κ3) is 4.81. The largest absolute Gasteiger partial charge is 0.479 e. The van der Waals surface area contributed by atoms with Crippen molar-refractivity contribution in [1.29, 1.82) is 0 Å². The van der Waals surface area contributed by atoms with E-state index in [2.05, 4.69) is 5.32 Å². The van der Waals surface area contributed by atoms with E-state index in [1.165, 1.54) is 0 Å². The summed E-state index contributed by atoms with van der Waals surface area (Å²) >= 11 is 0. The Morgan fingerprint density at radius 2 is 1.79 bits per heavy atom. The van der Waals surface area contributed by atoms with Gasteiger partial charge in [-0.25, -0.2) is 4.79 Å². The number of hydrogen-bond donors (Lipinski definition) is 2. The van der Waals surface area contributed by atoms with Crippen molar-refractivity contribution in [3.05, 3.63) is 34.9 Å². The second-order valence-corrected chi connectivity index (χ2v) is 6.64. The van der Waals surface area contributed by atoms with Gasteiger partial charge in [-0.3, -0.25) is 4.79 Å². The number of hydrogen-bond acceptors (Lipinski definition) is 3. The standard InChI is InChI=1S/C19H27NO4/c1-4-16(24-15-7-5-6-8-15)18(21)20-17(19(22)23)14-10-12(2)9-13(3)11-14/h9-11,15-17H,4-8H2,1-3H3,(H,20,21)(H,22,23). The first-order valence-corrected chi connectivity index (χ1v) is 8.67. The van der Waals surface area contributed by atoms with Gasteiger partial charge in [0.2, 0.25) is 5.91 Å². The molecule has 1 aliphatic carbocycles. The van der Waals surface area contributed by atoms with Gasteiger partial charge in [0.1, 0.15) is 6.10 Å². The fourth-order valence-corrected chi connectivity index (χ4v) is 3.30. The normalized spacial score (nSPS) is 17.5. The van der Waals surface area contributed by atoms with Gasteiger partial charge >= 0.3 is 5.97 Å². The predicted molar refractivity (Wildman–Crippen MR) is 91.9 cm³/mol. The van der Waals surface area contributed by atoms with Gasteiger partial charge in [0.05, 0.1) is 6.10 Å². The molecule has 24 heavy (non-hydrogen) atoms. The molecule has 0 saturated heterocycles. The molecule has 5 heteroatoms. The zero-order valence-electron chi connectivity index (χ0n) is 14.7. The van der Waals surface area contributed by atoms with E-state index >= 15 is 0 Å². The first kappa shape index (κ1) is 18.5. The molecule has 1 aromatic rings. The molecular weight excluding hydrogens is 306 g/mol. The lowest BCUT2D eigenvalue weighted by Gasteiger charge is -2.23. The molecule has 0 aliphatic heterocycles. The Labute approximate surface area is 143 Å². The van der Waals surface area contributed by atoms with E-state index in [0.717, 1.165) is 36.8 Å². The average Bonchev–Trinajstić information content (AvgIpc) is 3.01. The Hall–Kier alpha value is -1.88. The lowest BCUT2D eigenvalue weighted by molar-refractivity contribution is -0.146. The minimum Gasteiger partial charge on any atom is -0.479 e. The molecule has 0 spiro atoms. The quantitative estimate of drug-likeness (QED) is 0.803. The average molecular weight is 333 g/mol. The molecule has 2 rings (SSSR count). The van der Waals surface area contributed by atoms with E-state index in [1.54, 1.807) is 12.1 Å². The number of benzene rings is 1. The first-order valence-electron chi connectivity index (χ1n) is 8.67. The summed E-state index contributed by atoms with van der Waals surface area (Å²) < 4.78 is 5.88. The van der Waals surface area contributed by atoms with Crippen LogP contribution in [0.25, 0.3) is 0 Å². The lowest BCUT2D eigenvalue weighted by atomic mass is 10.0. The van der Waals surface area contributed by atoms with Crippen LogP contribution in [0.5, 0.6) is 0 Å². The first-order chi connectivity index (χ1) is 11.4. The topological polar surface area (TPSA) is 75.6 Å². The van der Waals surface area contributed by atoms with Crippen molar-refractivity contribution in [2.45, 2.75) is 71.1 Å². The number of carboxylic acid groups (broad SMARTS) is 1. The molecule has 2 unspecified atom stereocenters. The van der Waals surface area contributed by atoms with Crippen LogP contribution in [0.3, 0.4) is 0 Å². The van der Waals surface area contributed by atoms with Crippen molar-refractivity contribution >= 4 is 11.9 Å². The minimum atomic E-state index is -1.07. The SMILES string of the molecule is CCC(OC1CCCC1)C(=O)NC(C(=O)O)c1cc(C)cc(C)c1. The van der Waals surface area contributed by atoms with Crippen molar-refractivity contribution in [3.8, 4) is 0 Å². The van der Waals surface area contributed by atoms with E-state index in [1.807, 2.05) is 26.8 Å². The molecule has 0 bridgehead atoms. The molecule has 1 amide bonds. The van der Waals surface area contributed by atoms with Gasteiger partial charge in [-0.1, -0.05) is 49.1 Å². The maximum atomic E-state index is 12.5. The zero-order valence-corrected chi connectivity index (χ0v) is 14.7. The highest BCUT2D eigenvalue weighted by Crippen LogP contribution is 2.24. The number of aliphatic carboxylic acids is 1. The summed E-state index contributed by atoms with van der Waals surface area (Å²) in [5.74, 6) is -1.42. The van der Waals surface area contributed by atoms with Crippen molar-refractivity contribution in [1.82, 2.24) is 5.32 Å². The number of rotatable bonds is 7. The Bertz CT molecular complexity index is 573. The molecule has 5 nitrogen and oxygen atoms in total. The van der Waals surface area contributed by atoms with Gasteiger partial charge in [-0.15, -0.1) is 0 Å². The van der Waals surface area contributed by atoms with Crippen LogP contribution in [-0.4, -0.2) is 29.2 Å². The number of ether oxygens (including phenoxy) is 1. The lowest BCUT2D eigenvalue weighted by Crippen LogP contribution is -2.42. The van der Waals surface area contributed by atoms with Crippen molar-refractivity contribution in [3.63, 3.8) is 0 Å². The summed E-state index contributed by atoms with van der Waals surface area (Å²) in [6.45, 7) is 5.70. The van der Waals surface area contributed by atoms with Gasteiger partial charge in [0.15, 0.2) is 6.04 Å². The molecule has 2 atom stereocenters. The van der Waals surface area contributed by atoms with Crippen LogP contribution in [-0.2, 0) is 14.3 Å². The summed E-state index contributed by atoms with van der Waals surface area (Å²) in [7, 11) is 0. The zero-order chi connectivity index (χ0) is 17.7. The molecule has 132 valence electrons. The van der Waals surface area contributed by atoms with Crippen LogP contribution in [0, 0.1) is 13.8 Å². The summed E-state index contributed by atoms with van der Waals surface area (Å²) in [6, 6.07) is 4.51. The van der Waals surface area contributed by atoms with Crippen LogP contribution in [0.1, 0.15) is 61.8 Å². The van der Waals surface area contributed by atoms with E-state index in [4.69, 9.17) is 4.74 Å². The summed E-state index contributed by atoms with van der Waals surface area (Å²) in [6.07, 6.45) is 4.26. The molecule has 0 heterocycles. The Morgan fingerprint density at radius 3 is 2.29 bits per heavy atom. The van der Waals surface area contributed by atoms with Gasteiger partial charge in [0.25, 0.3) is 0 Å². The summed E-state index contributed by atoms with van der Waals surface area (Å²) in [4.78, 5) is 24.2. The number of amides is 1. The second kappa shape index (κ2) is 8.29. The van der Waals surface area contributed by atoms with Gasteiger partial charge in [-0.2, -0.15) is 0 Å². The van der Waals surface area contributed by atoms with Crippen LogP contribution >= 0.6 is 0 Å². The highest BCUT2D eigenvalue weighted by atomic mass is 16.5. The molecule has 1 saturated carbocycles. The summed E-state index contributed by atoms with van der Waals surface area (Å²) in [5.41, 5.74) is 2.53. The smallest absolute Gasteiger partial charge is 0.330 e. The fraction of sp³-hybridized carbons (Fsp3) is 0.579.